The summed E-state index contributed by atoms with van der Waals surface area (Å²) in [5.41, 5.74) is 3.31. The van der Waals surface area contributed by atoms with Crippen molar-refractivity contribution in [3.05, 3.63) is 23.3 Å². The molecule has 1 saturated heterocycles. The molecule has 1 aromatic carbocycles. The lowest BCUT2D eigenvalue weighted by Crippen LogP contribution is -2.34. The quantitative estimate of drug-likeness (QED) is 0.821. The van der Waals surface area contributed by atoms with Gasteiger partial charge in [0.05, 0.1) is 14.2 Å². The van der Waals surface area contributed by atoms with Crippen LogP contribution in [0.1, 0.15) is 51.2 Å². The number of ether oxygens (including phenoxy) is 2. The van der Waals surface area contributed by atoms with Gasteiger partial charge in [-0.3, -0.25) is 4.90 Å². The highest BCUT2D eigenvalue weighted by atomic mass is 16.5. The molecule has 0 N–H and O–H groups in total. The minimum absolute atomic E-state index is 0.465. The minimum atomic E-state index is 0.465. The summed E-state index contributed by atoms with van der Waals surface area (Å²) in [4.78, 5) is 2.68. The molecule has 1 aliphatic carbocycles. The molecule has 128 valence electrons. The van der Waals surface area contributed by atoms with E-state index in [-0.39, 0.29) is 0 Å². The van der Waals surface area contributed by atoms with Gasteiger partial charge in [0.25, 0.3) is 0 Å². The van der Waals surface area contributed by atoms with Gasteiger partial charge in [-0.05, 0) is 43.1 Å². The second-order valence-corrected chi connectivity index (χ2v) is 8.70. The number of hydrogen-bond donors (Lipinski definition) is 0. The van der Waals surface area contributed by atoms with Crippen LogP contribution in [0.2, 0.25) is 0 Å². The second-order valence-electron chi connectivity index (χ2n) is 8.70. The van der Waals surface area contributed by atoms with Gasteiger partial charge in [0.1, 0.15) is 11.5 Å². The zero-order valence-electron chi connectivity index (χ0n) is 15.5. The highest BCUT2D eigenvalue weighted by Gasteiger charge is 2.49. The standard InChI is InChI=1S/C20H31NO2/c1-14-17(22-5)8-7-15(18(14)23-6)11-21-13-20(4)10-16(21)9-19(2,3)12-20/h7-8,16H,9-13H2,1-6H3/t16-,20+/m1/s1. The molecule has 1 heterocycles. The normalized spacial score (nSPS) is 29.6. The van der Waals surface area contributed by atoms with Crippen LogP contribution >= 0.6 is 0 Å². The van der Waals surface area contributed by atoms with Crippen LogP contribution in [0, 0.1) is 17.8 Å². The number of benzene rings is 1. The van der Waals surface area contributed by atoms with Gasteiger partial charge in [-0.2, -0.15) is 0 Å². The van der Waals surface area contributed by atoms with Crippen LogP contribution < -0.4 is 9.47 Å². The first-order valence-corrected chi connectivity index (χ1v) is 8.71. The lowest BCUT2D eigenvalue weighted by Gasteiger charge is -2.40. The zero-order valence-corrected chi connectivity index (χ0v) is 15.5. The van der Waals surface area contributed by atoms with Crippen molar-refractivity contribution < 1.29 is 9.47 Å². The molecule has 0 unspecified atom stereocenters. The van der Waals surface area contributed by atoms with E-state index >= 15 is 0 Å². The lowest BCUT2D eigenvalue weighted by molar-refractivity contribution is 0.126. The Hall–Kier alpha value is -1.22. The van der Waals surface area contributed by atoms with E-state index in [0.29, 0.717) is 16.9 Å². The summed E-state index contributed by atoms with van der Waals surface area (Å²) in [6.45, 7) is 11.6. The molecule has 2 fully saturated rings. The fourth-order valence-electron chi connectivity index (χ4n) is 5.34. The summed E-state index contributed by atoms with van der Waals surface area (Å²) in [7, 11) is 3.48. The van der Waals surface area contributed by atoms with Gasteiger partial charge in [-0.15, -0.1) is 0 Å². The molecule has 1 aliphatic heterocycles. The molecule has 0 amide bonds. The van der Waals surface area contributed by atoms with Gasteiger partial charge < -0.3 is 9.47 Å². The molecule has 3 nitrogen and oxygen atoms in total. The Labute approximate surface area is 141 Å². The van der Waals surface area contributed by atoms with E-state index in [4.69, 9.17) is 9.47 Å². The molecule has 2 atom stereocenters. The molecular weight excluding hydrogens is 286 g/mol. The predicted octanol–water partition coefficient (Wildman–Crippen LogP) is 4.41. The Balaban J connectivity index is 1.85. The first-order chi connectivity index (χ1) is 10.8. The number of methoxy groups -OCH3 is 2. The Kier molecular flexibility index (Phi) is 4.12. The summed E-state index contributed by atoms with van der Waals surface area (Å²) < 4.78 is 11.1. The van der Waals surface area contributed by atoms with Crippen molar-refractivity contribution in [2.45, 2.75) is 59.5 Å². The molecule has 3 rings (SSSR count). The third-order valence-corrected chi connectivity index (χ3v) is 5.76. The molecule has 23 heavy (non-hydrogen) atoms. The Morgan fingerprint density at radius 2 is 1.87 bits per heavy atom. The molecule has 0 spiro atoms. The molecule has 0 radical (unpaired) electrons. The van der Waals surface area contributed by atoms with Gasteiger partial charge in [0, 0.05) is 30.3 Å². The van der Waals surface area contributed by atoms with Crippen LogP contribution in [0.4, 0.5) is 0 Å². The summed E-state index contributed by atoms with van der Waals surface area (Å²) in [6, 6.07) is 4.94. The van der Waals surface area contributed by atoms with Gasteiger partial charge in [-0.25, -0.2) is 0 Å². The summed E-state index contributed by atoms with van der Waals surface area (Å²) in [5.74, 6) is 1.88. The van der Waals surface area contributed by atoms with E-state index in [0.717, 1.165) is 23.6 Å². The highest BCUT2D eigenvalue weighted by molar-refractivity contribution is 5.49. The second kappa shape index (κ2) is 5.70. The third-order valence-electron chi connectivity index (χ3n) is 5.76. The molecule has 2 aliphatic rings. The maximum absolute atomic E-state index is 5.70. The molecule has 2 bridgehead atoms. The Bertz CT molecular complexity index is 596. The smallest absolute Gasteiger partial charge is 0.129 e. The van der Waals surface area contributed by atoms with Crippen LogP contribution in [-0.2, 0) is 6.54 Å². The van der Waals surface area contributed by atoms with Crippen molar-refractivity contribution in [3.63, 3.8) is 0 Å². The van der Waals surface area contributed by atoms with Gasteiger partial charge in [0.15, 0.2) is 0 Å². The van der Waals surface area contributed by atoms with Crippen LogP contribution in [0.25, 0.3) is 0 Å². The topological polar surface area (TPSA) is 21.7 Å². The molecule has 3 heteroatoms. The van der Waals surface area contributed by atoms with Crippen molar-refractivity contribution in [2.75, 3.05) is 20.8 Å². The SMILES string of the molecule is COc1ccc(CN2C[C@@]3(C)C[C@H]2CC(C)(C)C3)c(OC)c1C. The first kappa shape index (κ1) is 16.6. The summed E-state index contributed by atoms with van der Waals surface area (Å²) in [5, 5.41) is 0. The zero-order chi connectivity index (χ0) is 16.8. The molecule has 0 aromatic heterocycles. The maximum Gasteiger partial charge on any atom is 0.129 e. The van der Waals surface area contributed by atoms with E-state index in [1.165, 1.54) is 31.4 Å². The average Bonchev–Trinajstić information content (AvgIpc) is 2.68. The average molecular weight is 317 g/mol. The van der Waals surface area contributed by atoms with Crippen LogP contribution in [-0.4, -0.2) is 31.7 Å². The van der Waals surface area contributed by atoms with E-state index in [1.807, 2.05) is 0 Å². The van der Waals surface area contributed by atoms with E-state index in [9.17, 15) is 0 Å². The largest absolute Gasteiger partial charge is 0.496 e. The van der Waals surface area contributed by atoms with Crippen molar-refractivity contribution in [2.24, 2.45) is 10.8 Å². The monoisotopic (exact) mass is 317 g/mol. The maximum atomic E-state index is 5.70. The molecule has 1 saturated carbocycles. The first-order valence-electron chi connectivity index (χ1n) is 8.71. The summed E-state index contributed by atoms with van der Waals surface area (Å²) in [6.07, 6.45) is 3.99. The Morgan fingerprint density at radius 1 is 1.13 bits per heavy atom. The van der Waals surface area contributed by atoms with Crippen molar-refractivity contribution in [3.8, 4) is 11.5 Å². The van der Waals surface area contributed by atoms with Crippen molar-refractivity contribution in [1.82, 2.24) is 4.90 Å². The number of rotatable bonds is 4. The summed E-state index contributed by atoms with van der Waals surface area (Å²) >= 11 is 0. The third kappa shape index (κ3) is 3.08. The van der Waals surface area contributed by atoms with Crippen LogP contribution in [0.15, 0.2) is 12.1 Å². The van der Waals surface area contributed by atoms with Crippen LogP contribution in [0.3, 0.4) is 0 Å². The molecule has 1 aromatic rings. The van der Waals surface area contributed by atoms with Gasteiger partial charge in [-0.1, -0.05) is 26.8 Å². The predicted molar refractivity (Wildman–Crippen MR) is 94.2 cm³/mol. The van der Waals surface area contributed by atoms with Gasteiger partial charge in [0.2, 0.25) is 0 Å². The fourth-order valence-corrected chi connectivity index (χ4v) is 5.34. The van der Waals surface area contributed by atoms with Crippen LogP contribution in [0.5, 0.6) is 11.5 Å². The number of nitrogens with zero attached hydrogens (tertiary/aromatic N) is 1. The van der Waals surface area contributed by atoms with E-state index < -0.39 is 0 Å². The fraction of sp³-hybridized carbons (Fsp3) is 0.700. The minimum Gasteiger partial charge on any atom is -0.496 e. The number of fused-ring (bicyclic) bond motifs is 2. The van der Waals surface area contributed by atoms with Crippen molar-refractivity contribution >= 4 is 0 Å². The van der Waals surface area contributed by atoms with Gasteiger partial charge >= 0.3 is 0 Å². The van der Waals surface area contributed by atoms with Crippen molar-refractivity contribution in [1.29, 1.82) is 0 Å². The molecular formula is C20H31NO2. The number of likely N-dealkylation sites (tertiary alicyclic amines) is 1. The highest BCUT2D eigenvalue weighted by Crippen LogP contribution is 2.53. The number of hydrogen-bond acceptors (Lipinski definition) is 3. The van der Waals surface area contributed by atoms with E-state index in [2.05, 4.69) is 44.7 Å². The lowest BCUT2D eigenvalue weighted by atomic mass is 9.65. The van der Waals surface area contributed by atoms with E-state index in [1.54, 1.807) is 14.2 Å². The Morgan fingerprint density at radius 3 is 2.52 bits per heavy atom.